The van der Waals surface area contributed by atoms with Gasteiger partial charge in [-0.3, -0.25) is 0 Å². The molecule has 0 aromatic carbocycles. The van der Waals surface area contributed by atoms with E-state index in [9.17, 15) is 0 Å². The second-order valence-electron chi connectivity index (χ2n) is 4.28. The van der Waals surface area contributed by atoms with Crippen LogP contribution >= 0.6 is 0 Å². The van der Waals surface area contributed by atoms with Crippen LogP contribution in [0.1, 0.15) is 53.4 Å². The molecule has 0 saturated carbocycles. The fourth-order valence-corrected chi connectivity index (χ4v) is 1.61. The average molecular weight is 227 g/mol. The Morgan fingerprint density at radius 2 is 1.81 bits per heavy atom. The van der Waals surface area contributed by atoms with Crippen molar-refractivity contribution in [3.63, 3.8) is 0 Å². The Hall–Kier alpha value is -0.520. The fourth-order valence-electron chi connectivity index (χ4n) is 1.61. The summed E-state index contributed by atoms with van der Waals surface area (Å²) >= 11 is 0. The van der Waals surface area contributed by atoms with Crippen molar-refractivity contribution in [2.24, 2.45) is 17.6 Å². The molecule has 16 heavy (non-hydrogen) atoms. The van der Waals surface area contributed by atoms with E-state index in [1.807, 2.05) is 13.8 Å². The number of rotatable bonds is 7. The summed E-state index contributed by atoms with van der Waals surface area (Å²) in [4.78, 5) is 0. The molecular formula is C14H29NO. The van der Waals surface area contributed by atoms with E-state index in [4.69, 9.17) is 17.3 Å². The van der Waals surface area contributed by atoms with Crippen LogP contribution in [0.2, 0.25) is 0 Å². The summed E-state index contributed by atoms with van der Waals surface area (Å²) in [5, 5.41) is 8.73. The number of nitrogens with two attached hydrogens (primary N) is 1. The summed E-state index contributed by atoms with van der Waals surface area (Å²) in [5.74, 6) is 3.77. The maximum absolute atomic E-state index is 8.73. The van der Waals surface area contributed by atoms with E-state index in [0.717, 1.165) is 25.7 Å². The van der Waals surface area contributed by atoms with Crippen molar-refractivity contribution in [3.05, 3.63) is 0 Å². The van der Waals surface area contributed by atoms with Gasteiger partial charge in [0.2, 0.25) is 0 Å². The van der Waals surface area contributed by atoms with Crippen molar-refractivity contribution in [1.29, 1.82) is 0 Å². The van der Waals surface area contributed by atoms with Gasteiger partial charge in [-0.05, 0) is 18.8 Å². The van der Waals surface area contributed by atoms with Gasteiger partial charge in [-0.15, -0.1) is 12.3 Å². The molecule has 2 heteroatoms. The average Bonchev–Trinajstić information content (AvgIpc) is 2.31. The predicted octanol–water partition coefficient (Wildman–Crippen LogP) is 2.80. The molecular weight excluding hydrogens is 198 g/mol. The minimum Gasteiger partial charge on any atom is -0.395 e. The third-order valence-electron chi connectivity index (χ3n) is 2.55. The standard InChI is InChI=1S/C12H23NO.C2H6/c1-4-10(2)8-11(3)6-5-7-12(13)9-14;1-2/h1,10-12,14H,5-9,13H2,2-3H3;1-2H3. The molecule has 0 radical (unpaired) electrons. The molecule has 3 unspecified atom stereocenters. The first kappa shape index (κ1) is 17.9. The Labute approximate surface area is 102 Å². The second-order valence-corrected chi connectivity index (χ2v) is 4.28. The van der Waals surface area contributed by atoms with Gasteiger partial charge in [0, 0.05) is 12.0 Å². The molecule has 0 aromatic rings. The normalized spacial score (nSPS) is 15.3. The minimum absolute atomic E-state index is 0.0488. The van der Waals surface area contributed by atoms with Gasteiger partial charge in [0.05, 0.1) is 6.61 Å². The van der Waals surface area contributed by atoms with Crippen molar-refractivity contribution in [2.45, 2.75) is 59.4 Å². The Bertz CT molecular complexity index is 174. The van der Waals surface area contributed by atoms with Crippen LogP contribution in [0.3, 0.4) is 0 Å². The Morgan fingerprint density at radius 3 is 2.25 bits per heavy atom. The summed E-state index contributed by atoms with van der Waals surface area (Å²) in [7, 11) is 0. The van der Waals surface area contributed by atoms with Crippen LogP contribution in [0.15, 0.2) is 0 Å². The lowest BCUT2D eigenvalue weighted by atomic mass is 9.93. The highest BCUT2D eigenvalue weighted by Gasteiger charge is 2.07. The highest BCUT2D eigenvalue weighted by Crippen LogP contribution is 2.17. The smallest absolute Gasteiger partial charge is 0.0582 e. The van der Waals surface area contributed by atoms with Crippen LogP contribution < -0.4 is 5.73 Å². The van der Waals surface area contributed by atoms with Gasteiger partial charge in [-0.25, -0.2) is 0 Å². The molecule has 0 fully saturated rings. The van der Waals surface area contributed by atoms with Gasteiger partial charge in [-0.1, -0.05) is 40.5 Å². The summed E-state index contributed by atoms with van der Waals surface area (Å²) in [6.07, 6.45) is 9.55. The van der Waals surface area contributed by atoms with E-state index in [1.54, 1.807) is 0 Å². The Kier molecular flexibility index (Phi) is 14.0. The van der Waals surface area contributed by atoms with E-state index in [1.165, 1.54) is 0 Å². The van der Waals surface area contributed by atoms with Crippen molar-refractivity contribution in [1.82, 2.24) is 0 Å². The predicted molar refractivity (Wildman–Crippen MR) is 72.0 cm³/mol. The van der Waals surface area contributed by atoms with Crippen LogP contribution in [0.4, 0.5) is 0 Å². The summed E-state index contributed by atoms with van der Waals surface area (Å²) in [6.45, 7) is 8.39. The van der Waals surface area contributed by atoms with Crippen LogP contribution in [0, 0.1) is 24.2 Å². The first-order chi connectivity index (χ1) is 7.60. The number of hydrogen-bond acceptors (Lipinski definition) is 2. The summed E-state index contributed by atoms with van der Waals surface area (Å²) in [5.41, 5.74) is 5.60. The molecule has 0 rings (SSSR count). The van der Waals surface area contributed by atoms with Crippen LogP contribution in [0.25, 0.3) is 0 Å². The largest absolute Gasteiger partial charge is 0.395 e. The van der Waals surface area contributed by atoms with Gasteiger partial charge >= 0.3 is 0 Å². The lowest BCUT2D eigenvalue weighted by Gasteiger charge is -2.14. The molecule has 0 spiro atoms. The lowest BCUT2D eigenvalue weighted by Crippen LogP contribution is -2.24. The monoisotopic (exact) mass is 227 g/mol. The molecule has 3 N–H and O–H groups in total. The molecule has 0 heterocycles. The molecule has 0 aliphatic heterocycles. The molecule has 0 saturated heterocycles. The third-order valence-corrected chi connectivity index (χ3v) is 2.55. The number of aliphatic hydroxyl groups excluding tert-OH is 1. The molecule has 0 aliphatic rings. The molecule has 0 amide bonds. The molecule has 2 nitrogen and oxygen atoms in total. The van der Waals surface area contributed by atoms with Crippen molar-refractivity contribution in [2.75, 3.05) is 6.61 Å². The highest BCUT2D eigenvalue weighted by molar-refractivity contribution is 4.90. The quantitative estimate of drug-likeness (QED) is 0.657. The molecule has 3 atom stereocenters. The van der Waals surface area contributed by atoms with Gasteiger partial charge in [0.25, 0.3) is 0 Å². The van der Waals surface area contributed by atoms with Crippen molar-refractivity contribution < 1.29 is 5.11 Å². The third kappa shape index (κ3) is 11.6. The zero-order valence-electron chi connectivity index (χ0n) is 11.4. The molecule has 0 aliphatic carbocycles. The van der Waals surface area contributed by atoms with Crippen LogP contribution in [-0.2, 0) is 0 Å². The van der Waals surface area contributed by atoms with Gasteiger partial charge in [-0.2, -0.15) is 0 Å². The van der Waals surface area contributed by atoms with Gasteiger partial charge in [0.1, 0.15) is 0 Å². The SMILES string of the molecule is C#CC(C)CC(C)CCCC(N)CO.CC. The van der Waals surface area contributed by atoms with Crippen LogP contribution in [0.5, 0.6) is 0 Å². The molecule has 96 valence electrons. The maximum Gasteiger partial charge on any atom is 0.0582 e. The fraction of sp³-hybridized carbons (Fsp3) is 0.857. The topological polar surface area (TPSA) is 46.2 Å². The minimum atomic E-state index is -0.0488. The first-order valence-electron chi connectivity index (χ1n) is 6.42. The Morgan fingerprint density at radius 1 is 1.25 bits per heavy atom. The van der Waals surface area contributed by atoms with Gasteiger partial charge in [0.15, 0.2) is 0 Å². The Balaban J connectivity index is 0. The van der Waals surface area contributed by atoms with E-state index in [-0.39, 0.29) is 12.6 Å². The number of hydrogen-bond donors (Lipinski definition) is 2. The van der Waals surface area contributed by atoms with Gasteiger partial charge < -0.3 is 10.8 Å². The van der Waals surface area contributed by atoms with Crippen LogP contribution in [-0.4, -0.2) is 17.8 Å². The van der Waals surface area contributed by atoms with Crippen molar-refractivity contribution in [3.8, 4) is 12.3 Å². The number of terminal acetylenes is 1. The maximum atomic E-state index is 8.73. The zero-order chi connectivity index (χ0) is 13.0. The lowest BCUT2D eigenvalue weighted by molar-refractivity contribution is 0.255. The van der Waals surface area contributed by atoms with E-state index >= 15 is 0 Å². The van der Waals surface area contributed by atoms with E-state index in [2.05, 4.69) is 19.8 Å². The van der Waals surface area contributed by atoms with E-state index in [0.29, 0.717) is 11.8 Å². The second kappa shape index (κ2) is 12.5. The highest BCUT2D eigenvalue weighted by atomic mass is 16.3. The molecule has 0 bridgehead atoms. The molecule has 0 aromatic heterocycles. The number of aliphatic hydroxyl groups is 1. The van der Waals surface area contributed by atoms with E-state index < -0.39 is 0 Å². The first-order valence-corrected chi connectivity index (χ1v) is 6.42. The van der Waals surface area contributed by atoms with Crippen molar-refractivity contribution >= 4 is 0 Å². The summed E-state index contributed by atoms with van der Waals surface area (Å²) < 4.78 is 0. The zero-order valence-corrected chi connectivity index (χ0v) is 11.4. The summed E-state index contributed by atoms with van der Waals surface area (Å²) in [6, 6.07) is -0.0488.